The van der Waals surface area contributed by atoms with Gasteiger partial charge in [0.25, 0.3) is 0 Å². The minimum atomic E-state index is 0.181. The number of rotatable bonds is 8. The van der Waals surface area contributed by atoms with E-state index >= 15 is 0 Å². The van der Waals surface area contributed by atoms with Gasteiger partial charge in [0.2, 0.25) is 0 Å². The third-order valence-electron chi connectivity index (χ3n) is 2.99. The second-order valence-electron chi connectivity index (χ2n) is 5.37. The quantitative estimate of drug-likeness (QED) is 0.704. The molecule has 0 aliphatic heterocycles. The van der Waals surface area contributed by atoms with Gasteiger partial charge in [0.15, 0.2) is 0 Å². The lowest BCUT2D eigenvalue weighted by molar-refractivity contribution is 0.647. The van der Waals surface area contributed by atoms with Crippen LogP contribution in [-0.2, 0) is 6.42 Å². The molecule has 1 nitrogen and oxygen atoms in total. The maximum absolute atomic E-state index is 6.21. The zero-order valence-electron chi connectivity index (χ0n) is 12.0. The van der Waals surface area contributed by atoms with Crippen molar-refractivity contribution in [3.05, 3.63) is 35.4 Å². The number of unbranched alkanes of at least 4 members (excludes halogenated alkanes) is 1. The zero-order valence-corrected chi connectivity index (χ0v) is 12.8. The first-order valence-corrected chi connectivity index (χ1v) is 8.21. The highest BCUT2D eigenvalue weighted by Crippen LogP contribution is 2.18. The van der Waals surface area contributed by atoms with Gasteiger partial charge in [-0.25, -0.2) is 0 Å². The Bertz CT molecular complexity index is 318. The van der Waals surface area contributed by atoms with Gasteiger partial charge in [-0.2, -0.15) is 11.8 Å². The van der Waals surface area contributed by atoms with E-state index in [4.69, 9.17) is 5.73 Å². The van der Waals surface area contributed by atoms with Crippen LogP contribution in [0.2, 0.25) is 0 Å². The number of benzene rings is 1. The normalized spacial score (nSPS) is 12.9. The molecule has 0 heterocycles. The van der Waals surface area contributed by atoms with Gasteiger partial charge in [0.05, 0.1) is 0 Å². The molecule has 0 spiro atoms. The minimum absolute atomic E-state index is 0.181. The molecule has 102 valence electrons. The summed E-state index contributed by atoms with van der Waals surface area (Å²) in [6.07, 6.45) is 3.72. The highest BCUT2D eigenvalue weighted by molar-refractivity contribution is 7.99. The molecule has 0 aliphatic carbocycles. The maximum Gasteiger partial charge on any atom is 0.0386 e. The topological polar surface area (TPSA) is 26.0 Å². The third-order valence-corrected chi connectivity index (χ3v) is 4.16. The van der Waals surface area contributed by atoms with Gasteiger partial charge in [-0.1, -0.05) is 51.5 Å². The van der Waals surface area contributed by atoms with Crippen molar-refractivity contribution in [1.82, 2.24) is 0 Å². The summed E-state index contributed by atoms with van der Waals surface area (Å²) in [5.41, 5.74) is 8.89. The van der Waals surface area contributed by atoms with Crippen molar-refractivity contribution in [2.45, 2.75) is 46.1 Å². The third kappa shape index (κ3) is 5.92. The molecule has 18 heavy (non-hydrogen) atoms. The summed E-state index contributed by atoms with van der Waals surface area (Å²) in [7, 11) is 0. The van der Waals surface area contributed by atoms with Gasteiger partial charge in [0, 0.05) is 11.8 Å². The molecule has 1 atom stereocenters. The fourth-order valence-corrected chi connectivity index (χ4v) is 3.03. The molecular formula is C16H27NS. The van der Waals surface area contributed by atoms with Crippen LogP contribution in [0.15, 0.2) is 24.3 Å². The van der Waals surface area contributed by atoms with Crippen LogP contribution < -0.4 is 5.73 Å². The van der Waals surface area contributed by atoms with E-state index in [2.05, 4.69) is 45.0 Å². The predicted molar refractivity (Wildman–Crippen MR) is 84.1 cm³/mol. The van der Waals surface area contributed by atoms with Crippen molar-refractivity contribution in [1.29, 1.82) is 0 Å². The monoisotopic (exact) mass is 265 g/mol. The van der Waals surface area contributed by atoms with Crippen LogP contribution in [0.1, 0.15) is 50.8 Å². The van der Waals surface area contributed by atoms with Crippen molar-refractivity contribution in [2.75, 3.05) is 11.5 Å². The van der Waals surface area contributed by atoms with Crippen LogP contribution >= 0.6 is 11.8 Å². The lowest BCUT2D eigenvalue weighted by Crippen LogP contribution is -2.13. The molecule has 0 radical (unpaired) electrons. The Kier molecular flexibility index (Phi) is 7.45. The van der Waals surface area contributed by atoms with Gasteiger partial charge >= 0.3 is 0 Å². The molecule has 1 aromatic carbocycles. The number of thioether (sulfide) groups is 1. The van der Waals surface area contributed by atoms with Crippen molar-refractivity contribution in [2.24, 2.45) is 11.7 Å². The highest BCUT2D eigenvalue weighted by atomic mass is 32.2. The van der Waals surface area contributed by atoms with Gasteiger partial charge < -0.3 is 5.73 Å². The van der Waals surface area contributed by atoms with E-state index in [0.29, 0.717) is 5.92 Å². The summed E-state index contributed by atoms with van der Waals surface area (Å²) in [4.78, 5) is 0. The molecule has 1 aromatic rings. The second-order valence-corrected chi connectivity index (χ2v) is 6.52. The van der Waals surface area contributed by atoms with E-state index in [1.54, 1.807) is 0 Å². The summed E-state index contributed by atoms with van der Waals surface area (Å²) in [5, 5.41) is 0. The molecule has 0 aliphatic rings. The summed E-state index contributed by atoms with van der Waals surface area (Å²) in [6, 6.07) is 9.03. The van der Waals surface area contributed by atoms with Gasteiger partial charge in [-0.15, -0.1) is 0 Å². The largest absolute Gasteiger partial charge is 0.323 e. The van der Waals surface area contributed by atoms with Crippen LogP contribution in [0.25, 0.3) is 0 Å². The van der Waals surface area contributed by atoms with Gasteiger partial charge in [-0.3, -0.25) is 0 Å². The average molecular weight is 265 g/mol. The van der Waals surface area contributed by atoms with E-state index < -0.39 is 0 Å². The van der Waals surface area contributed by atoms with Crippen LogP contribution in [0, 0.1) is 5.92 Å². The van der Waals surface area contributed by atoms with Crippen molar-refractivity contribution < 1.29 is 0 Å². The Morgan fingerprint density at radius 3 is 2.39 bits per heavy atom. The Balaban J connectivity index is 2.41. The van der Waals surface area contributed by atoms with E-state index in [0.717, 1.165) is 12.2 Å². The Morgan fingerprint density at radius 2 is 1.83 bits per heavy atom. The molecule has 1 unspecified atom stereocenters. The first-order valence-electron chi connectivity index (χ1n) is 7.05. The van der Waals surface area contributed by atoms with E-state index in [1.807, 2.05) is 11.8 Å². The number of hydrogen-bond donors (Lipinski definition) is 1. The Hall–Kier alpha value is -0.470. The average Bonchev–Trinajstić information content (AvgIpc) is 2.34. The summed E-state index contributed by atoms with van der Waals surface area (Å²) in [5.74, 6) is 2.98. The van der Waals surface area contributed by atoms with Crippen LogP contribution in [0.5, 0.6) is 0 Å². The highest BCUT2D eigenvalue weighted by Gasteiger charge is 2.06. The van der Waals surface area contributed by atoms with Crippen molar-refractivity contribution in [3.63, 3.8) is 0 Å². The van der Waals surface area contributed by atoms with Crippen LogP contribution in [0.3, 0.4) is 0 Å². The molecule has 0 saturated carbocycles. The van der Waals surface area contributed by atoms with E-state index in [-0.39, 0.29) is 6.04 Å². The maximum atomic E-state index is 6.21. The predicted octanol–water partition coefficient (Wildman–Crippen LogP) is 4.42. The van der Waals surface area contributed by atoms with Crippen molar-refractivity contribution in [3.8, 4) is 0 Å². The first-order chi connectivity index (χ1) is 8.63. The van der Waals surface area contributed by atoms with Gasteiger partial charge in [-0.05, 0) is 35.6 Å². The second kappa shape index (κ2) is 8.60. The molecule has 0 saturated heterocycles. The fourth-order valence-electron chi connectivity index (χ4n) is 1.93. The molecular weight excluding hydrogens is 238 g/mol. The molecule has 1 rings (SSSR count). The number of nitrogens with two attached hydrogens (primary N) is 1. The first kappa shape index (κ1) is 15.6. The van der Waals surface area contributed by atoms with Crippen molar-refractivity contribution >= 4 is 11.8 Å². The lowest BCUT2D eigenvalue weighted by Gasteiger charge is -2.13. The van der Waals surface area contributed by atoms with E-state index in [9.17, 15) is 0 Å². The Labute approximate surface area is 117 Å². The molecule has 0 aromatic heterocycles. The van der Waals surface area contributed by atoms with E-state index in [1.165, 1.54) is 29.7 Å². The summed E-state index contributed by atoms with van der Waals surface area (Å²) >= 11 is 1.97. The Morgan fingerprint density at radius 1 is 1.17 bits per heavy atom. The standard InChI is InChI=1S/C16H27NS/c1-4-5-10-18-12-16(17)15-8-6-14(7-9-15)11-13(2)3/h6-9,13,16H,4-5,10-12,17H2,1-3H3. The molecule has 2 heteroatoms. The number of hydrogen-bond acceptors (Lipinski definition) is 2. The molecule has 0 bridgehead atoms. The molecule has 2 N–H and O–H groups in total. The zero-order chi connectivity index (χ0) is 13.4. The summed E-state index contributed by atoms with van der Waals surface area (Å²) < 4.78 is 0. The molecule has 0 amide bonds. The summed E-state index contributed by atoms with van der Waals surface area (Å²) in [6.45, 7) is 6.74. The SMILES string of the molecule is CCCCSCC(N)c1ccc(CC(C)C)cc1. The van der Waals surface area contributed by atoms with Crippen LogP contribution in [0.4, 0.5) is 0 Å². The molecule has 0 fully saturated rings. The fraction of sp³-hybridized carbons (Fsp3) is 0.625. The smallest absolute Gasteiger partial charge is 0.0386 e. The lowest BCUT2D eigenvalue weighted by atomic mass is 10.0. The van der Waals surface area contributed by atoms with Gasteiger partial charge in [0.1, 0.15) is 0 Å². The van der Waals surface area contributed by atoms with Crippen LogP contribution in [-0.4, -0.2) is 11.5 Å². The minimum Gasteiger partial charge on any atom is -0.323 e.